The number of nitrogens with zero attached hydrogens (tertiary/aromatic N) is 3. The van der Waals surface area contributed by atoms with Gasteiger partial charge in [-0.05, 0) is 11.6 Å². The minimum Gasteiger partial charge on any atom is -0.378 e. The van der Waals surface area contributed by atoms with E-state index in [-0.39, 0.29) is 18.0 Å². The molecule has 5 nitrogen and oxygen atoms in total. The zero-order chi connectivity index (χ0) is 17.2. The smallest absolute Gasteiger partial charge is 0.255 e. The van der Waals surface area contributed by atoms with Gasteiger partial charge in [-0.3, -0.25) is 14.7 Å². The molecule has 0 radical (unpaired) electrons. The Hall–Kier alpha value is -1.95. The van der Waals surface area contributed by atoms with Gasteiger partial charge in [-0.2, -0.15) is 0 Å². The van der Waals surface area contributed by atoms with Gasteiger partial charge in [0.25, 0.3) is 5.91 Å². The highest BCUT2D eigenvalue weighted by atomic mass is 35.5. The quantitative estimate of drug-likeness (QED) is 0.829. The number of amides is 1. The number of aromatic nitrogens is 1. The van der Waals surface area contributed by atoms with Crippen LogP contribution < -0.4 is 0 Å². The maximum atomic E-state index is 12.8. The van der Waals surface area contributed by atoms with Crippen LogP contribution >= 0.6 is 11.6 Å². The number of piperazine rings is 1. The highest BCUT2D eigenvalue weighted by molar-refractivity contribution is 6.33. The van der Waals surface area contributed by atoms with Gasteiger partial charge in [0.2, 0.25) is 0 Å². The van der Waals surface area contributed by atoms with E-state index in [0.717, 1.165) is 6.54 Å². The lowest BCUT2D eigenvalue weighted by molar-refractivity contribution is -0.0770. The van der Waals surface area contributed by atoms with Crippen molar-refractivity contribution in [1.29, 1.82) is 0 Å². The highest BCUT2D eigenvalue weighted by Crippen LogP contribution is 2.30. The van der Waals surface area contributed by atoms with Crippen LogP contribution in [0.25, 0.3) is 0 Å². The molecule has 6 heteroatoms. The summed E-state index contributed by atoms with van der Waals surface area (Å²) >= 11 is 6.13. The number of carbonyl (C=O) groups is 1. The van der Waals surface area contributed by atoms with Crippen LogP contribution in [0, 0.1) is 0 Å². The van der Waals surface area contributed by atoms with Crippen LogP contribution in [0.4, 0.5) is 0 Å². The molecule has 4 rings (SSSR count). The van der Waals surface area contributed by atoms with E-state index in [0.29, 0.717) is 36.9 Å². The second-order valence-corrected chi connectivity index (χ2v) is 6.87. The van der Waals surface area contributed by atoms with Gasteiger partial charge in [0.15, 0.2) is 0 Å². The Kier molecular flexibility index (Phi) is 4.70. The van der Waals surface area contributed by atoms with Crippen LogP contribution in [0.5, 0.6) is 0 Å². The van der Waals surface area contributed by atoms with E-state index in [1.807, 2.05) is 11.0 Å². The predicted molar refractivity (Wildman–Crippen MR) is 95.6 cm³/mol. The first-order valence-corrected chi connectivity index (χ1v) is 8.89. The first kappa shape index (κ1) is 16.5. The lowest BCUT2D eigenvalue weighted by Crippen LogP contribution is -2.60. The summed E-state index contributed by atoms with van der Waals surface area (Å²) in [6.45, 7) is 3.53. The number of carbonyl (C=O) groups excluding carboxylic acids is 1. The van der Waals surface area contributed by atoms with Crippen molar-refractivity contribution in [2.24, 2.45) is 0 Å². The van der Waals surface area contributed by atoms with E-state index in [4.69, 9.17) is 16.3 Å². The maximum absolute atomic E-state index is 12.8. The lowest BCUT2D eigenvalue weighted by atomic mass is 10.00. The van der Waals surface area contributed by atoms with Gasteiger partial charge in [0.05, 0.1) is 35.9 Å². The number of halogens is 1. The molecule has 130 valence electrons. The molecule has 0 aliphatic carbocycles. The molecule has 0 unspecified atom stereocenters. The summed E-state index contributed by atoms with van der Waals surface area (Å²) in [6.07, 6.45) is 3.12. The number of ether oxygens (including phenoxy) is 1. The Labute approximate surface area is 152 Å². The Bertz CT molecular complexity index is 755. The molecule has 1 aromatic carbocycles. The topological polar surface area (TPSA) is 45.7 Å². The van der Waals surface area contributed by atoms with E-state index >= 15 is 0 Å². The van der Waals surface area contributed by atoms with E-state index in [9.17, 15) is 4.79 Å². The monoisotopic (exact) mass is 357 g/mol. The molecule has 25 heavy (non-hydrogen) atoms. The average Bonchev–Trinajstić information content (AvgIpc) is 2.67. The fourth-order valence-electron chi connectivity index (χ4n) is 3.71. The van der Waals surface area contributed by atoms with Crippen LogP contribution in [0.3, 0.4) is 0 Å². The zero-order valence-corrected chi connectivity index (χ0v) is 14.6. The molecule has 1 amide bonds. The molecule has 2 aliphatic heterocycles. The third-order valence-electron chi connectivity index (χ3n) is 4.99. The zero-order valence-electron chi connectivity index (χ0n) is 13.8. The lowest BCUT2D eigenvalue weighted by Gasteiger charge is -2.48. The molecule has 2 aliphatic rings. The number of hydrogen-bond acceptors (Lipinski definition) is 4. The molecule has 2 fully saturated rings. The van der Waals surface area contributed by atoms with Gasteiger partial charge >= 0.3 is 0 Å². The van der Waals surface area contributed by atoms with E-state index < -0.39 is 0 Å². The summed E-state index contributed by atoms with van der Waals surface area (Å²) < 4.78 is 5.85. The van der Waals surface area contributed by atoms with Gasteiger partial charge in [0.1, 0.15) is 0 Å². The molecular weight excluding hydrogens is 338 g/mol. The molecular formula is C19H20ClN3O2. The molecule has 2 saturated heterocycles. The molecule has 0 saturated carbocycles. The Balaban J connectivity index is 1.50. The molecule has 3 heterocycles. The van der Waals surface area contributed by atoms with Crippen molar-refractivity contribution >= 4 is 17.5 Å². The van der Waals surface area contributed by atoms with Crippen molar-refractivity contribution in [3.05, 3.63) is 64.9 Å². The second kappa shape index (κ2) is 7.12. The maximum Gasteiger partial charge on any atom is 0.255 e. The first-order valence-electron chi connectivity index (χ1n) is 8.51. The predicted octanol–water partition coefficient (Wildman–Crippen LogP) is 2.63. The number of rotatable bonds is 2. The first-order chi connectivity index (χ1) is 12.2. The molecule has 0 bridgehead atoms. The standard InChI is InChI=1S/C19H20ClN3O2/c20-17-10-21-7-6-16(17)19(24)22-8-9-23-15(11-22)12-25-13-18(23)14-4-2-1-3-5-14/h1-7,10,15,18H,8-9,11-13H2/t15-,18-/m1/s1. The minimum absolute atomic E-state index is 0.0334. The largest absolute Gasteiger partial charge is 0.378 e. The van der Waals surface area contributed by atoms with Gasteiger partial charge in [-0.15, -0.1) is 0 Å². The van der Waals surface area contributed by atoms with Crippen molar-refractivity contribution in [2.45, 2.75) is 12.1 Å². The summed E-state index contributed by atoms with van der Waals surface area (Å²) in [5, 5.41) is 0.400. The van der Waals surface area contributed by atoms with Gasteiger partial charge in [-0.1, -0.05) is 41.9 Å². The number of pyridine rings is 1. The van der Waals surface area contributed by atoms with Crippen LogP contribution in [0.2, 0.25) is 5.02 Å². The van der Waals surface area contributed by atoms with Crippen molar-refractivity contribution in [2.75, 3.05) is 32.8 Å². The molecule has 2 aromatic rings. The van der Waals surface area contributed by atoms with Gasteiger partial charge < -0.3 is 9.64 Å². The average molecular weight is 358 g/mol. The second-order valence-electron chi connectivity index (χ2n) is 6.46. The Morgan fingerprint density at radius 1 is 1.16 bits per heavy atom. The van der Waals surface area contributed by atoms with Crippen LogP contribution in [-0.2, 0) is 4.74 Å². The summed E-state index contributed by atoms with van der Waals surface area (Å²) in [5.74, 6) is -0.0334. The number of fused-ring (bicyclic) bond motifs is 1. The summed E-state index contributed by atoms with van der Waals surface area (Å²) in [6, 6.07) is 12.6. The Morgan fingerprint density at radius 2 is 2.00 bits per heavy atom. The van der Waals surface area contributed by atoms with Crippen molar-refractivity contribution in [1.82, 2.24) is 14.8 Å². The van der Waals surface area contributed by atoms with Crippen molar-refractivity contribution in [3.8, 4) is 0 Å². The SMILES string of the molecule is O=C(c1ccncc1Cl)N1CCN2[C@@H](COC[C@@H]2c2ccccc2)C1. The normalized spacial score (nSPS) is 24.0. The van der Waals surface area contributed by atoms with Crippen molar-refractivity contribution in [3.63, 3.8) is 0 Å². The Morgan fingerprint density at radius 3 is 2.80 bits per heavy atom. The molecule has 0 spiro atoms. The third-order valence-corrected chi connectivity index (χ3v) is 5.29. The minimum atomic E-state index is -0.0334. The van der Waals surface area contributed by atoms with E-state index in [1.165, 1.54) is 11.8 Å². The van der Waals surface area contributed by atoms with Crippen LogP contribution in [-0.4, -0.2) is 59.6 Å². The third kappa shape index (κ3) is 3.27. The fraction of sp³-hybridized carbons (Fsp3) is 0.368. The van der Waals surface area contributed by atoms with E-state index in [2.05, 4.69) is 34.1 Å². The van der Waals surface area contributed by atoms with Crippen LogP contribution in [0.1, 0.15) is 22.0 Å². The number of hydrogen-bond donors (Lipinski definition) is 0. The number of benzene rings is 1. The highest BCUT2D eigenvalue weighted by Gasteiger charge is 2.37. The van der Waals surface area contributed by atoms with Crippen molar-refractivity contribution < 1.29 is 9.53 Å². The van der Waals surface area contributed by atoms with Gasteiger partial charge in [-0.25, -0.2) is 0 Å². The fourth-order valence-corrected chi connectivity index (χ4v) is 3.91. The summed E-state index contributed by atoms with van der Waals surface area (Å²) in [4.78, 5) is 21.1. The number of morpholine rings is 1. The van der Waals surface area contributed by atoms with E-state index in [1.54, 1.807) is 12.3 Å². The molecule has 2 atom stereocenters. The summed E-state index contributed by atoms with van der Waals surface area (Å²) in [5.41, 5.74) is 1.78. The molecule has 1 aromatic heterocycles. The van der Waals surface area contributed by atoms with Crippen LogP contribution in [0.15, 0.2) is 48.8 Å². The molecule has 0 N–H and O–H groups in total. The van der Waals surface area contributed by atoms with Gasteiger partial charge in [0, 0.05) is 32.0 Å². The summed E-state index contributed by atoms with van der Waals surface area (Å²) in [7, 11) is 0.